The highest BCUT2D eigenvalue weighted by atomic mass is 14.9. The summed E-state index contributed by atoms with van der Waals surface area (Å²) >= 11 is 0. The SMILES string of the molecule is CC(C)Cc1ccc(C2CCCN2)cc1. The molecule has 1 N–H and O–H groups in total. The fourth-order valence-electron chi connectivity index (χ4n) is 2.33. The van der Waals surface area contributed by atoms with Crippen LogP contribution in [0, 0.1) is 5.92 Å². The maximum absolute atomic E-state index is 3.53. The lowest BCUT2D eigenvalue weighted by molar-refractivity contribution is 0.638. The maximum Gasteiger partial charge on any atom is 0.0320 e. The average Bonchev–Trinajstić information content (AvgIpc) is 2.71. The fraction of sp³-hybridized carbons (Fsp3) is 0.571. The summed E-state index contributed by atoms with van der Waals surface area (Å²) in [5, 5.41) is 3.53. The van der Waals surface area contributed by atoms with Crippen LogP contribution < -0.4 is 5.32 Å². The van der Waals surface area contributed by atoms with Gasteiger partial charge in [-0.3, -0.25) is 0 Å². The van der Waals surface area contributed by atoms with Crippen LogP contribution in [0.4, 0.5) is 0 Å². The van der Waals surface area contributed by atoms with Gasteiger partial charge in [-0.2, -0.15) is 0 Å². The number of hydrogen-bond acceptors (Lipinski definition) is 1. The van der Waals surface area contributed by atoms with Crippen LogP contribution in [0.25, 0.3) is 0 Å². The second kappa shape index (κ2) is 4.80. The van der Waals surface area contributed by atoms with Crippen LogP contribution >= 0.6 is 0 Å². The zero-order valence-electron chi connectivity index (χ0n) is 9.79. The summed E-state index contributed by atoms with van der Waals surface area (Å²) in [6.07, 6.45) is 3.81. The number of nitrogens with one attached hydrogen (secondary N) is 1. The first-order valence-corrected chi connectivity index (χ1v) is 6.08. The number of benzene rings is 1. The summed E-state index contributed by atoms with van der Waals surface area (Å²) in [6.45, 7) is 5.72. The van der Waals surface area contributed by atoms with Crippen molar-refractivity contribution in [3.05, 3.63) is 35.4 Å². The Bertz CT molecular complexity index is 294. The van der Waals surface area contributed by atoms with Gasteiger partial charge >= 0.3 is 0 Å². The third-order valence-electron chi connectivity index (χ3n) is 3.09. The minimum absolute atomic E-state index is 0.609. The van der Waals surface area contributed by atoms with Crippen molar-refractivity contribution in [2.45, 2.75) is 39.2 Å². The van der Waals surface area contributed by atoms with E-state index in [1.54, 1.807) is 0 Å². The summed E-state index contributed by atoms with van der Waals surface area (Å²) in [4.78, 5) is 0. The molecule has 1 atom stereocenters. The van der Waals surface area contributed by atoms with E-state index in [1.165, 1.54) is 36.9 Å². The molecule has 1 aromatic rings. The first-order valence-electron chi connectivity index (χ1n) is 6.08. The van der Waals surface area contributed by atoms with Crippen molar-refractivity contribution < 1.29 is 0 Å². The molecule has 1 heteroatoms. The Hall–Kier alpha value is -0.820. The third-order valence-corrected chi connectivity index (χ3v) is 3.09. The second-order valence-electron chi connectivity index (χ2n) is 4.99. The predicted molar refractivity (Wildman–Crippen MR) is 65.0 cm³/mol. The maximum atomic E-state index is 3.53. The Balaban J connectivity index is 2.03. The Kier molecular flexibility index (Phi) is 3.42. The van der Waals surface area contributed by atoms with Crippen LogP contribution in [0.2, 0.25) is 0 Å². The topological polar surface area (TPSA) is 12.0 Å². The summed E-state index contributed by atoms with van der Waals surface area (Å²) in [6, 6.07) is 9.77. The summed E-state index contributed by atoms with van der Waals surface area (Å²) < 4.78 is 0. The second-order valence-corrected chi connectivity index (χ2v) is 4.99. The summed E-state index contributed by atoms with van der Waals surface area (Å²) in [7, 11) is 0. The Morgan fingerprint density at radius 3 is 2.53 bits per heavy atom. The normalized spacial score (nSPS) is 21.1. The van der Waals surface area contributed by atoms with Gasteiger partial charge < -0.3 is 5.32 Å². The molecule has 1 fully saturated rings. The highest BCUT2D eigenvalue weighted by Crippen LogP contribution is 2.23. The standard InChI is InChI=1S/C14H21N/c1-11(2)10-12-5-7-13(8-6-12)14-4-3-9-15-14/h5-8,11,14-15H,3-4,9-10H2,1-2H3. The van der Waals surface area contributed by atoms with Crippen molar-refractivity contribution in [2.24, 2.45) is 5.92 Å². The summed E-state index contributed by atoms with van der Waals surface area (Å²) in [5.74, 6) is 0.750. The minimum atomic E-state index is 0.609. The van der Waals surface area contributed by atoms with Crippen molar-refractivity contribution in [2.75, 3.05) is 6.54 Å². The molecule has 0 radical (unpaired) electrons. The van der Waals surface area contributed by atoms with Gasteiger partial charge in [-0.25, -0.2) is 0 Å². The van der Waals surface area contributed by atoms with Crippen molar-refractivity contribution in [3.63, 3.8) is 0 Å². The minimum Gasteiger partial charge on any atom is -0.310 e. The molecule has 1 heterocycles. The van der Waals surface area contributed by atoms with Crippen molar-refractivity contribution in [1.29, 1.82) is 0 Å². The molecule has 0 spiro atoms. The lowest BCUT2D eigenvalue weighted by Gasteiger charge is -2.11. The highest BCUT2D eigenvalue weighted by Gasteiger charge is 2.15. The molecule has 0 saturated carbocycles. The Labute approximate surface area is 92.9 Å². The molecule has 0 aliphatic carbocycles. The van der Waals surface area contributed by atoms with Crippen LogP contribution in [0.5, 0.6) is 0 Å². The van der Waals surface area contributed by atoms with Gasteiger partial charge in [0, 0.05) is 6.04 Å². The van der Waals surface area contributed by atoms with Crippen molar-refractivity contribution in [1.82, 2.24) is 5.32 Å². The van der Waals surface area contributed by atoms with Gasteiger partial charge in [-0.15, -0.1) is 0 Å². The molecule has 1 aliphatic heterocycles. The van der Waals surface area contributed by atoms with E-state index in [4.69, 9.17) is 0 Å². The molecule has 1 saturated heterocycles. The molecule has 15 heavy (non-hydrogen) atoms. The Morgan fingerprint density at radius 1 is 1.27 bits per heavy atom. The Morgan fingerprint density at radius 2 is 2.00 bits per heavy atom. The van der Waals surface area contributed by atoms with Gasteiger partial charge in [0.05, 0.1) is 0 Å². The smallest absolute Gasteiger partial charge is 0.0320 e. The fourth-order valence-corrected chi connectivity index (χ4v) is 2.33. The van der Waals surface area contributed by atoms with Crippen molar-refractivity contribution >= 4 is 0 Å². The molecule has 1 nitrogen and oxygen atoms in total. The molecular weight excluding hydrogens is 182 g/mol. The van der Waals surface area contributed by atoms with E-state index in [1.807, 2.05) is 0 Å². The number of rotatable bonds is 3. The van der Waals surface area contributed by atoms with Gasteiger partial charge in [0.15, 0.2) is 0 Å². The van der Waals surface area contributed by atoms with E-state index in [9.17, 15) is 0 Å². The van der Waals surface area contributed by atoms with E-state index >= 15 is 0 Å². The molecular formula is C14H21N. The molecule has 82 valence electrons. The molecule has 1 unspecified atom stereocenters. The van der Waals surface area contributed by atoms with Gasteiger partial charge in [0.1, 0.15) is 0 Å². The quantitative estimate of drug-likeness (QED) is 0.794. The zero-order chi connectivity index (χ0) is 10.7. The molecule has 0 amide bonds. The lowest BCUT2D eigenvalue weighted by Crippen LogP contribution is -2.12. The third kappa shape index (κ3) is 2.82. The predicted octanol–water partition coefficient (Wildman–Crippen LogP) is 3.31. The van der Waals surface area contributed by atoms with Gasteiger partial charge in [-0.05, 0) is 42.9 Å². The van der Waals surface area contributed by atoms with Gasteiger partial charge in [-0.1, -0.05) is 38.1 Å². The average molecular weight is 203 g/mol. The van der Waals surface area contributed by atoms with Crippen LogP contribution in [-0.4, -0.2) is 6.54 Å². The largest absolute Gasteiger partial charge is 0.310 e. The van der Waals surface area contributed by atoms with Crippen LogP contribution in [0.1, 0.15) is 43.9 Å². The molecule has 0 aromatic heterocycles. The first-order chi connectivity index (χ1) is 7.25. The van der Waals surface area contributed by atoms with Crippen LogP contribution in [-0.2, 0) is 6.42 Å². The van der Waals surface area contributed by atoms with Crippen molar-refractivity contribution in [3.8, 4) is 0 Å². The van der Waals surface area contributed by atoms with E-state index < -0.39 is 0 Å². The molecule has 1 aromatic carbocycles. The van der Waals surface area contributed by atoms with Crippen LogP contribution in [0.15, 0.2) is 24.3 Å². The van der Waals surface area contributed by atoms with Gasteiger partial charge in [0.25, 0.3) is 0 Å². The zero-order valence-corrected chi connectivity index (χ0v) is 9.79. The lowest BCUT2D eigenvalue weighted by atomic mass is 9.99. The number of hydrogen-bond donors (Lipinski definition) is 1. The van der Waals surface area contributed by atoms with Gasteiger partial charge in [0.2, 0.25) is 0 Å². The highest BCUT2D eigenvalue weighted by molar-refractivity contribution is 5.25. The molecule has 0 bridgehead atoms. The van der Waals surface area contributed by atoms with Crippen LogP contribution in [0.3, 0.4) is 0 Å². The van der Waals surface area contributed by atoms with E-state index in [-0.39, 0.29) is 0 Å². The summed E-state index contributed by atoms with van der Waals surface area (Å²) in [5.41, 5.74) is 2.92. The van der Waals surface area contributed by atoms with E-state index in [0.717, 1.165) is 5.92 Å². The monoisotopic (exact) mass is 203 g/mol. The molecule has 1 aliphatic rings. The first kappa shape index (κ1) is 10.7. The molecule has 2 rings (SSSR count). The van der Waals surface area contributed by atoms with E-state index in [0.29, 0.717) is 6.04 Å². The van der Waals surface area contributed by atoms with E-state index in [2.05, 4.69) is 43.4 Å².